The van der Waals surface area contributed by atoms with E-state index in [1.165, 1.54) is 12.1 Å². The van der Waals surface area contributed by atoms with Crippen molar-refractivity contribution in [1.29, 1.82) is 0 Å². The number of aromatic nitrogens is 1. The number of halogens is 1. The summed E-state index contributed by atoms with van der Waals surface area (Å²) in [7, 11) is 0. The molecule has 1 aromatic carbocycles. The standard InChI is InChI=1S/C12H10N2O3.BrH/c15-14(16)11-5-3-10(4-6-11)9-17-12-2-1-7-13-8-12;/h1-8H,9H2;1H/p-1. The summed E-state index contributed by atoms with van der Waals surface area (Å²) in [6.07, 6.45) is 3.28. The molecule has 18 heavy (non-hydrogen) atoms. The third kappa shape index (κ3) is 3.81. The summed E-state index contributed by atoms with van der Waals surface area (Å²) >= 11 is 0. The minimum Gasteiger partial charge on any atom is -1.00 e. The maximum Gasteiger partial charge on any atom is 0.269 e. The summed E-state index contributed by atoms with van der Waals surface area (Å²) in [6, 6.07) is 9.86. The van der Waals surface area contributed by atoms with Gasteiger partial charge in [-0.15, -0.1) is 0 Å². The summed E-state index contributed by atoms with van der Waals surface area (Å²) < 4.78 is 5.46. The number of nitrogens with zero attached hydrogens (tertiary/aromatic N) is 2. The summed E-state index contributed by atoms with van der Waals surface area (Å²) in [6.45, 7) is 0.365. The fourth-order valence-electron chi connectivity index (χ4n) is 1.31. The van der Waals surface area contributed by atoms with Gasteiger partial charge in [-0.25, -0.2) is 0 Å². The topological polar surface area (TPSA) is 65.3 Å². The second kappa shape index (κ2) is 6.70. The Morgan fingerprint density at radius 3 is 2.50 bits per heavy atom. The summed E-state index contributed by atoms with van der Waals surface area (Å²) in [5.41, 5.74) is 0.953. The van der Waals surface area contributed by atoms with Crippen LogP contribution in [0, 0.1) is 10.1 Å². The van der Waals surface area contributed by atoms with Gasteiger partial charge in [0, 0.05) is 18.3 Å². The third-order valence-corrected chi connectivity index (χ3v) is 2.19. The van der Waals surface area contributed by atoms with Crippen LogP contribution in [0.1, 0.15) is 5.56 Å². The van der Waals surface area contributed by atoms with Gasteiger partial charge >= 0.3 is 0 Å². The van der Waals surface area contributed by atoms with Gasteiger partial charge in [0.25, 0.3) is 5.69 Å². The highest BCUT2D eigenvalue weighted by Crippen LogP contribution is 2.14. The van der Waals surface area contributed by atoms with E-state index in [1.807, 2.05) is 0 Å². The molecule has 0 aliphatic carbocycles. The number of nitro benzene ring substituents is 1. The summed E-state index contributed by atoms with van der Waals surface area (Å²) in [5, 5.41) is 10.5. The van der Waals surface area contributed by atoms with Gasteiger partial charge in [-0.2, -0.15) is 0 Å². The van der Waals surface area contributed by atoms with Crippen LogP contribution in [-0.4, -0.2) is 9.91 Å². The lowest BCUT2D eigenvalue weighted by atomic mass is 10.2. The Labute approximate surface area is 114 Å². The Bertz CT molecular complexity index is 502. The molecule has 1 aromatic heterocycles. The largest absolute Gasteiger partial charge is 1.00 e. The number of hydrogen-bond donors (Lipinski definition) is 0. The molecule has 2 aromatic rings. The Hall–Kier alpha value is -1.95. The van der Waals surface area contributed by atoms with E-state index in [0.717, 1.165) is 5.56 Å². The van der Waals surface area contributed by atoms with Crippen molar-refractivity contribution in [3.63, 3.8) is 0 Å². The van der Waals surface area contributed by atoms with Crippen molar-refractivity contribution in [3.05, 3.63) is 64.5 Å². The molecule has 0 fully saturated rings. The highest BCUT2D eigenvalue weighted by Gasteiger charge is 2.03. The first-order valence-electron chi connectivity index (χ1n) is 5.02. The number of ether oxygens (including phenoxy) is 1. The Morgan fingerprint density at radius 1 is 1.22 bits per heavy atom. The quantitative estimate of drug-likeness (QED) is 0.568. The molecule has 5 nitrogen and oxygen atoms in total. The Balaban J connectivity index is 0.00000162. The Morgan fingerprint density at radius 2 is 1.94 bits per heavy atom. The lowest BCUT2D eigenvalue weighted by molar-refractivity contribution is -0.384. The zero-order valence-corrected chi connectivity index (χ0v) is 10.9. The minimum atomic E-state index is -0.425. The molecule has 94 valence electrons. The smallest absolute Gasteiger partial charge is 0.269 e. The van der Waals surface area contributed by atoms with E-state index in [-0.39, 0.29) is 22.7 Å². The number of benzene rings is 1. The Kier molecular flexibility index (Phi) is 5.26. The predicted octanol–water partition coefficient (Wildman–Crippen LogP) is -0.427. The van der Waals surface area contributed by atoms with Crippen molar-refractivity contribution in [3.8, 4) is 5.75 Å². The first-order valence-corrected chi connectivity index (χ1v) is 5.02. The van der Waals surface area contributed by atoms with Crippen LogP contribution in [0.15, 0.2) is 48.8 Å². The van der Waals surface area contributed by atoms with Crippen molar-refractivity contribution in [2.75, 3.05) is 0 Å². The van der Waals surface area contributed by atoms with Crippen LogP contribution in [0.5, 0.6) is 5.75 Å². The van der Waals surface area contributed by atoms with E-state index in [9.17, 15) is 10.1 Å². The number of non-ortho nitro benzene ring substituents is 1. The maximum atomic E-state index is 10.5. The van der Waals surface area contributed by atoms with Crippen molar-refractivity contribution in [2.45, 2.75) is 6.61 Å². The molecule has 2 rings (SSSR count). The second-order valence-corrected chi connectivity index (χ2v) is 3.40. The zero-order valence-electron chi connectivity index (χ0n) is 9.32. The van der Waals surface area contributed by atoms with Gasteiger partial charge in [0.1, 0.15) is 12.4 Å². The van der Waals surface area contributed by atoms with Crippen LogP contribution in [0.2, 0.25) is 0 Å². The van der Waals surface area contributed by atoms with E-state index in [2.05, 4.69) is 4.98 Å². The molecule has 0 unspecified atom stereocenters. The minimum absolute atomic E-state index is 0. The van der Waals surface area contributed by atoms with Crippen molar-refractivity contribution < 1.29 is 26.6 Å². The van der Waals surface area contributed by atoms with Crippen molar-refractivity contribution in [2.24, 2.45) is 0 Å². The van der Waals surface area contributed by atoms with E-state index < -0.39 is 4.92 Å². The lowest BCUT2D eigenvalue weighted by Gasteiger charge is -2.04. The predicted molar refractivity (Wildman–Crippen MR) is 61.7 cm³/mol. The molecular weight excluding hydrogens is 300 g/mol. The highest BCUT2D eigenvalue weighted by atomic mass is 79.9. The maximum absolute atomic E-state index is 10.5. The van der Waals surface area contributed by atoms with Crippen LogP contribution in [0.25, 0.3) is 0 Å². The molecule has 0 atom stereocenters. The highest BCUT2D eigenvalue weighted by molar-refractivity contribution is 5.32. The monoisotopic (exact) mass is 309 g/mol. The number of pyridine rings is 1. The molecule has 0 saturated carbocycles. The SMILES string of the molecule is O=[N+]([O-])c1ccc(COc2cccnc2)cc1.[Br-]. The summed E-state index contributed by atoms with van der Waals surface area (Å²) in [5.74, 6) is 0.672. The molecule has 1 heterocycles. The van der Waals surface area contributed by atoms with Crippen molar-refractivity contribution in [1.82, 2.24) is 4.98 Å². The van der Waals surface area contributed by atoms with Gasteiger partial charge < -0.3 is 21.7 Å². The summed E-state index contributed by atoms with van der Waals surface area (Å²) in [4.78, 5) is 14.0. The molecule has 0 amide bonds. The van der Waals surface area contributed by atoms with Crippen molar-refractivity contribution >= 4 is 5.69 Å². The van der Waals surface area contributed by atoms with Crippen LogP contribution in [-0.2, 0) is 6.61 Å². The number of hydrogen-bond acceptors (Lipinski definition) is 4. The average Bonchev–Trinajstić information content (AvgIpc) is 2.38. The van der Waals surface area contributed by atoms with Gasteiger partial charge in [0.2, 0.25) is 0 Å². The first kappa shape index (κ1) is 14.1. The van der Waals surface area contributed by atoms with E-state index in [1.54, 1.807) is 36.7 Å². The first-order chi connectivity index (χ1) is 8.25. The molecule has 0 spiro atoms. The molecule has 0 radical (unpaired) electrons. The molecule has 6 heteroatoms. The van der Waals surface area contributed by atoms with E-state index in [4.69, 9.17) is 4.74 Å². The number of nitro groups is 1. The molecule has 0 aliphatic heterocycles. The van der Waals surface area contributed by atoms with Crippen LogP contribution in [0.4, 0.5) is 5.69 Å². The third-order valence-electron chi connectivity index (χ3n) is 2.19. The lowest BCUT2D eigenvalue weighted by Crippen LogP contribution is -3.00. The number of rotatable bonds is 4. The fraction of sp³-hybridized carbons (Fsp3) is 0.0833. The molecule has 0 N–H and O–H groups in total. The van der Waals surface area contributed by atoms with Gasteiger partial charge in [-0.1, -0.05) is 0 Å². The molecule has 0 saturated heterocycles. The van der Waals surface area contributed by atoms with E-state index >= 15 is 0 Å². The fourth-order valence-corrected chi connectivity index (χ4v) is 1.31. The normalized spacial score (nSPS) is 9.33. The average molecular weight is 310 g/mol. The van der Waals surface area contributed by atoms with Gasteiger partial charge in [0.15, 0.2) is 0 Å². The van der Waals surface area contributed by atoms with Gasteiger partial charge in [0.05, 0.1) is 11.1 Å². The zero-order chi connectivity index (χ0) is 12.1. The van der Waals surface area contributed by atoms with Gasteiger partial charge in [-0.05, 0) is 29.8 Å². The molecule has 0 aliphatic rings. The molecular formula is C12H10BrN2O3-. The van der Waals surface area contributed by atoms with Gasteiger partial charge in [-0.3, -0.25) is 15.1 Å². The van der Waals surface area contributed by atoms with E-state index in [0.29, 0.717) is 12.4 Å². The van der Waals surface area contributed by atoms with Crippen LogP contribution < -0.4 is 21.7 Å². The molecule has 0 bridgehead atoms. The second-order valence-electron chi connectivity index (χ2n) is 3.40. The van der Waals surface area contributed by atoms with Crippen LogP contribution >= 0.6 is 0 Å². The van der Waals surface area contributed by atoms with Crippen LogP contribution in [0.3, 0.4) is 0 Å².